The first-order chi connectivity index (χ1) is 26.9. The molecule has 3 aliphatic rings. The third kappa shape index (κ3) is 8.32. The van der Waals surface area contributed by atoms with Crippen LogP contribution in [0.15, 0.2) is 90.1 Å². The molecule has 56 heavy (non-hydrogen) atoms. The Hall–Kier alpha value is -5.58. The standard InChI is InChI=1S/C45H50N4O7/c1-5-13-31(39(51)41(52)46-32-20-21-32)23-37(50)36-25-45(24-35(48-56-45)38-33-18-11-9-16-29(33)22-30-17-10-12-19-34(30)38)27-49(36)42(53)40(44(2,3)4)47-43(54)55-26-28-14-7-6-8-15-28/h6-12,14-19,22,31-32,36,40H,5,13,20-21,23-27H2,1-4H3,(H,46,52)(H,47,54)/t31-,36-,40+,45+/m0/s1. The van der Waals surface area contributed by atoms with Crippen molar-refractivity contribution in [2.24, 2.45) is 16.5 Å². The van der Waals surface area contributed by atoms with E-state index in [1.807, 2.05) is 82.3 Å². The maximum absolute atomic E-state index is 14.8. The molecule has 11 nitrogen and oxygen atoms in total. The number of nitrogens with zero attached hydrogens (tertiary/aromatic N) is 2. The number of nitrogens with one attached hydrogen (secondary N) is 2. The maximum Gasteiger partial charge on any atom is 0.408 e. The van der Waals surface area contributed by atoms with E-state index < -0.39 is 52.7 Å². The minimum atomic E-state index is -1.07. The second-order valence-corrected chi connectivity index (χ2v) is 16.6. The van der Waals surface area contributed by atoms with Crippen molar-refractivity contribution in [1.82, 2.24) is 15.5 Å². The highest BCUT2D eigenvalue weighted by molar-refractivity contribution is 6.37. The molecule has 2 N–H and O–H groups in total. The van der Waals surface area contributed by atoms with Gasteiger partial charge in [0, 0.05) is 36.8 Å². The number of hydrogen-bond acceptors (Lipinski definition) is 8. The van der Waals surface area contributed by atoms with E-state index in [0.29, 0.717) is 25.0 Å². The fourth-order valence-corrected chi connectivity index (χ4v) is 8.06. The van der Waals surface area contributed by atoms with Crippen LogP contribution in [0, 0.1) is 11.3 Å². The molecule has 0 radical (unpaired) electrons. The minimum Gasteiger partial charge on any atom is -0.445 e. The van der Waals surface area contributed by atoms with E-state index in [0.717, 1.165) is 45.5 Å². The molecule has 292 valence electrons. The largest absolute Gasteiger partial charge is 0.445 e. The average Bonchev–Trinajstić information content (AvgIpc) is 3.79. The van der Waals surface area contributed by atoms with Crippen LogP contribution in [0.5, 0.6) is 0 Å². The Morgan fingerprint density at radius 1 is 0.929 bits per heavy atom. The fourth-order valence-electron chi connectivity index (χ4n) is 8.06. The van der Waals surface area contributed by atoms with E-state index in [1.165, 1.54) is 4.90 Å². The van der Waals surface area contributed by atoms with Gasteiger partial charge in [0.1, 0.15) is 12.6 Å². The van der Waals surface area contributed by atoms with Gasteiger partial charge in [-0.15, -0.1) is 0 Å². The summed E-state index contributed by atoms with van der Waals surface area (Å²) in [5.41, 5.74) is 0.614. The maximum atomic E-state index is 14.8. The lowest BCUT2D eigenvalue weighted by atomic mass is 9.85. The summed E-state index contributed by atoms with van der Waals surface area (Å²) in [5.74, 6) is -2.92. The molecule has 0 unspecified atom stereocenters. The number of hydrogen-bond donors (Lipinski definition) is 2. The van der Waals surface area contributed by atoms with Crippen LogP contribution in [0.2, 0.25) is 0 Å². The van der Waals surface area contributed by atoms with Gasteiger partial charge in [0.2, 0.25) is 11.7 Å². The molecule has 3 amide bonds. The van der Waals surface area contributed by atoms with Gasteiger partial charge in [0.05, 0.1) is 18.3 Å². The molecule has 2 heterocycles. The summed E-state index contributed by atoms with van der Waals surface area (Å²) in [4.78, 5) is 76.7. The van der Waals surface area contributed by atoms with Gasteiger partial charge in [-0.25, -0.2) is 4.79 Å². The molecule has 1 aliphatic carbocycles. The smallest absolute Gasteiger partial charge is 0.408 e. The molecule has 1 saturated heterocycles. The van der Waals surface area contributed by atoms with Crippen LogP contribution in [-0.2, 0) is 35.4 Å². The van der Waals surface area contributed by atoms with Gasteiger partial charge in [-0.2, -0.15) is 0 Å². The summed E-state index contributed by atoms with van der Waals surface area (Å²) in [6.07, 6.45) is 2.10. The number of ether oxygens (including phenoxy) is 1. The average molecular weight is 759 g/mol. The van der Waals surface area contributed by atoms with Gasteiger partial charge < -0.3 is 25.1 Å². The van der Waals surface area contributed by atoms with Crippen LogP contribution in [-0.4, -0.2) is 70.4 Å². The van der Waals surface area contributed by atoms with Crippen molar-refractivity contribution in [2.75, 3.05) is 6.54 Å². The van der Waals surface area contributed by atoms with E-state index >= 15 is 0 Å². The number of benzene rings is 4. The van der Waals surface area contributed by atoms with Crippen LogP contribution in [0.25, 0.3) is 21.5 Å². The molecule has 11 heteroatoms. The van der Waals surface area contributed by atoms with Crippen molar-refractivity contribution >= 4 is 56.7 Å². The van der Waals surface area contributed by atoms with Crippen LogP contribution in [0.4, 0.5) is 4.79 Å². The lowest BCUT2D eigenvalue weighted by molar-refractivity contribution is -0.144. The van der Waals surface area contributed by atoms with Crippen LogP contribution < -0.4 is 10.6 Å². The summed E-state index contributed by atoms with van der Waals surface area (Å²) in [6, 6.07) is 25.5. The van der Waals surface area contributed by atoms with Crippen molar-refractivity contribution < 1.29 is 33.5 Å². The van der Waals surface area contributed by atoms with Crippen molar-refractivity contribution in [3.05, 3.63) is 96.1 Å². The molecular formula is C45H50N4O7. The number of carbonyl (C=O) groups is 5. The molecule has 4 aromatic rings. The number of Topliss-reactive ketones (excluding diaryl/α,β-unsaturated/α-hetero) is 2. The Labute approximate surface area is 327 Å². The zero-order valence-electron chi connectivity index (χ0n) is 32.5. The fraction of sp³-hybridized carbons (Fsp3) is 0.422. The lowest BCUT2D eigenvalue weighted by Crippen LogP contribution is -2.57. The zero-order valence-corrected chi connectivity index (χ0v) is 32.5. The minimum absolute atomic E-state index is 0.000937. The van der Waals surface area contributed by atoms with Crippen molar-refractivity contribution in [1.29, 1.82) is 0 Å². The predicted molar refractivity (Wildman–Crippen MR) is 214 cm³/mol. The molecule has 4 aromatic carbocycles. The second kappa shape index (κ2) is 15.9. The molecule has 2 fully saturated rings. The Morgan fingerprint density at radius 2 is 1.57 bits per heavy atom. The van der Waals surface area contributed by atoms with Gasteiger partial charge in [-0.1, -0.05) is 118 Å². The highest BCUT2D eigenvalue weighted by Crippen LogP contribution is 2.43. The van der Waals surface area contributed by atoms with Crippen molar-refractivity contribution in [2.45, 2.75) is 103 Å². The number of likely N-dealkylation sites (tertiary alicyclic amines) is 1. The highest BCUT2D eigenvalue weighted by Gasteiger charge is 2.55. The first-order valence-corrected chi connectivity index (χ1v) is 19.7. The topological polar surface area (TPSA) is 143 Å². The quantitative estimate of drug-likeness (QED) is 0.110. The van der Waals surface area contributed by atoms with Crippen LogP contribution >= 0.6 is 0 Å². The zero-order chi connectivity index (χ0) is 39.6. The number of alkyl carbamates (subject to hydrolysis) is 1. The summed E-state index contributed by atoms with van der Waals surface area (Å²) < 4.78 is 5.52. The number of carbonyl (C=O) groups excluding carboxylic acids is 5. The predicted octanol–water partition coefficient (Wildman–Crippen LogP) is 7.02. The molecule has 0 aromatic heterocycles. The van der Waals surface area contributed by atoms with E-state index in [9.17, 15) is 24.0 Å². The van der Waals surface area contributed by atoms with E-state index in [-0.39, 0.29) is 37.8 Å². The van der Waals surface area contributed by atoms with Gasteiger partial charge in [-0.3, -0.25) is 19.2 Å². The summed E-state index contributed by atoms with van der Waals surface area (Å²) in [5, 5.41) is 14.4. The third-order valence-electron chi connectivity index (χ3n) is 11.1. The Balaban J connectivity index is 1.18. The van der Waals surface area contributed by atoms with Gasteiger partial charge in [0.25, 0.3) is 5.91 Å². The van der Waals surface area contributed by atoms with Crippen molar-refractivity contribution in [3.8, 4) is 0 Å². The number of rotatable bonds is 13. The molecule has 1 saturated carbocycles. The van der Waals surface area contributed by atoms with Gasteiger partial charge >= 0.3 is 6.09 Å². The van der Waals surface area contributed by atoms with E-state index in [2.05, 4.69) is 46.1 Å². The lowest BCUT2D eigenvalue weighted by Gasteiger charge is -2.35. The van der Waals surface area contributed by atoms with Gasteiger partial charge in [0.15, 0.2) is 11.4 Å². The van der Waals surface area contributed by atoms with Crippen LogP contribution in [0.3, 0.4) is 0 Å². The van der Waals surface area contributed by atoms with Gasteiger partial charge in [-0.05, 0) is 57.9 Å². The molecule has 1 spiro atoms. The third-order valence-corrected chi connectivity index (χ3v) is 11.1. The Kier molecular flexibility index (Phi) is 11.0. The second-order valence-electron chi connectivity index (χ2n) is 16.6. The highest BCUT2D eigenvalue weighted by atomic mass is 16.7. The summed E-state index contributed by atoms with van der Waals surface area (Å²) in [7, 11) is 0. The molecule has 0 bridgehead atoms. The Bertz CT molecular complexity index is 2140. The monoisotopic (exact) mass is 758 g/mol. The molecule has 7 rings (SSSR count). The van der Waals surface area contributed by atoms with E-state index in [4.69, 9.17) is 9.57 Å². The van der Waals surface area contributed by atoms with Crippen LogP contribution in [0.1, 0.15) is 83.8 Å². The first-order valence-electron chi connectivity index (χ1n) is 19.7. The molecular weight excluding hydrogens is 709 g/mol. The summed E-state index contributed by atoms with van der Waals surface area (Å²) >= 11 is 0. The number of ketones is 2. The summed E-state index contributed by atoms with van der Waals surface area (Å²) in [6.45, 7) is 7.46. The Morgan fingerprint density at radius 3 is 2.20 bits per heavy atom. The molecule has 2 aliphatic heterocycles. The number of fused-ring (bicyclic) bond motifs is 2. The first kappa shape index (κ1) is 38.7. The molecule has 4 atom stereocenters. The SMILES string of the molecule is CCC[C@@H](CC(=O)[C@@H]1C[C@]2(CC(c3c4ccccc4cc4ccccc34)=NO2)CN1C(=O)[C@@H](NC(=O)OCc1ccccc1)C(C)(C)C)C(=O)C(=O)NC1CC1. The normalized spacial score (nSPS) is 20.3. The number of amides is 3. The van der Waals surface area contributed by atoms with E-state index in [1.54, 1.807) is 0 Å². The number of oxime groups is 1. The van der Waals surface area contributed by atoms with Crippen molar-refractivity contribution in [3.63, 3.8) is 0 Å².